The summed E-state index contributed by atoms with van der Waals surface area (Å²) >= 11 is 6.25. The third-order valence-electron chi connectivity index (χ3n) is 8.89. The first-order valence-electron chi connectivity index (χ1n) is 15.6. The molecule has 19 heteroatoms. The van der Waals surface area contributed by atoms with Gasteiger partial charge < -0.3 is 59.8 Å². The van der Waals surface area contributed by atoms with Gasteiger partial charge in [-0.2, -0.15) is 0 Å². The van der Waals surface area contributed by atoms with Gasteiger partial charge in [0.25, 0.3) is 0 Å². The summed E-state index contributed by atoms with van der Waals surface area (Å²) in [6.07, 6.45) is -5.12. The number of Topliss-reactive ketones (excluding diaryl/α,β-unsaturated/α-hetero) is 1. The molecule has 1 aliphatic heterocycles. The number of phenols is 2. The molecule has 1 saturated heterocycles. The Morgan fingerprint density at radius 1 is 1.12 bits per heavy atom. The number of benzene rings is 2. The van der Waals surface area contributed by atoms with E-state index in [1.807, 2.05) is 0 Å². The number of carbonyl (C=O) groups excluding carboxylic acids is 4. The van der Waals surface area contributed by atoms with Crippen LogP contribution in [-0.4, -0.2) is 120 Å². The van der Waals surface area contributed by atoms with Gasteiger partial charge in [0, 0.05) is 63.3 Å². The molecule has 2 aromatic rings. The minimum Gasteiger partial charge on any atom is -0.507 e. The maximum absolute atomic E-state index is 13.6. The molecule has 2 aliphatic carbocycles. The molecule has 16 nitrogen and oxygen atoms in total. The predicted molar refractivity (Wildman–Crippen MR) is 187 cm³/mol. The summed E-state index contributed by atoms with van der Waals surface area (Å²) in [5.41, 5.74) is 0.115. The fourth-order valence-electron chi connectivity index (χ4n) is 6.14. The van der Waals surface area contributed by atoms with E-state index in [9.17, 15) is 44.7 Å². The number of hydrogen-bond acceptors (Lipinski definition) is 17. The van der Waals surface area contributed by atoms with Crippen molar-refractivity contribution < 1.29 is 68.0 Å². The van der Waals surface area contributed by atoms with Crippen LogP contribution < -0.4 is 15.8 Å². The molecule has 8 N–H and O–H groups in total. The molecule has 0 spiro atoms. The van der Waals surface area contributed by atoms with Crippen molar-refractivity contribution in [1.29, 1.82) is 0 Å². The zero-order valence-electron chi connectivity index (χ0n) is 28.4. The lowest BCUT2D eigenvalue weighted by molar-refractivity contribution is -0.247. The first kappa shape index (κ1) is 40.8. The Kier molecular flexibility index (Phi) is 13.1. The van der Waals surface area contributed by atoms with Crippen LogP contribution in [0, 0.1) is 0 Å². The van der Waals surface area contributed by atoms with Gasteiger partial charge in [-0.25, -0.2) is 0 Å². The summed E-state index contributed by atoms with van der Waals surface area (Å²) in [4.78, 5) is 50.6. The standard InChI is InChI=1S/C27H29NO11.C5H12NO3PS2/c1-10-22(31)13(28)6-17(38-10)39-15-8-27(36,16(30)9-29)7-12-19(15)26(35)21-20(24(12)33)23(32)11-4-3-5-14(37-2)18(11)25(21)34;1-6-5(7)4-12-10(11,8-2)9-3/h3-5,10,13,15,17,22,29,31,33,35-36H,6-9,28H2,1-2H3;4H2,1-3H3,(H,6,7)/t10-,13-,15-,17-,22+,27-;/m0./s1. The average molecular weight is 773 g/mol. The molecule has 3 aliphatic rings. The SMILES string of the molecule is CNC(=O)CSP(=S)(OC)OC.COc1cccc2c1C(=O)c1c(O)c3c(c(O)c1C2=O)C[C@@](O)(C(=O)CO)C[C@@H]3O[C@H]1C[C@H](N)[C@H](O)[C@H](C)O1. The van der Waals surface area contributed by atoms with E-state index < -0.39 is 101 Å². The summed E-state index contributed by atoms with van der Waals surface area (Å²) in [5, 5.41) is 56.2. The number of rotatable bonds is 10. The number of ether oxygens (including phenoxy) is 3. The fraction of sp³-hybridized carbons (Fsp3) is 0.500. The molecule has 0 saturated carbocycles. The Morgan fingerprint density at radius 3 is 2.33 bits per heavy atom. The van der Waals surface area contributed by atoms with Gasteiger partial charge in [-0.3, -0.25) is 19.2 Å². The van der Waals surface area contributed by atoms with Crippen molar-refractivity contribution in [3.8, 4) is 17.2 Å². The first-order chi connectivity index (χ1) is 24.0. The van der Waals surface area contributed by atoms with E-state index >= 15 is 0 Å². The van der Waals surface area contributed by atoms with Crippen molar-refractivity contribution in [2.75, 3.05) is 40.7 Å². The molecule has 280 valence electrons. The highest BCUT2D eigenvalue weighted by Gasteiger charge is 2.50. The molecular weight excluding hydrogens is 731 g/mol. The van der Waals surface area contributed by atoms with Crippen LogP contribution in [0.2, 0.25) is 0 Å². The van der Waals surface area contributed by atoms with Crippen LogP contribution in [0.25, 0.3) is 0 Å². The number of aliphatic hydroxyl groups excluding tert-OH is 2. The number of nitrogens with one attached hydrogen (secondary N) is 1. The summed E-state index contributed by atoms with van der Waals surface area (Å²) in [7, 11) is 5.87. The second-order valence-corrected chi connectivity index (χ2v) is 18.4. The van der Waals surface area contributed by atoms with Crippen molar-refractivity contribution in [2.24, 2.45) is 5.73 Å². The Balaban J connectivity index is 0.000000417. The van der Waals surface area contributed by atoms with Gasteiger partial charge in [0.1, 0.15) is 29.5 Å². The minimum atomic E-state index is -2.26. The van der Waals surface area contributed by atoms with Crippen LogP contribution in [0.5, 0.6) is 17.2 Å². The predicted octanol–water partition coefficient (Wildman–Crippen LogP) is 0.984. The Hall–Kier alpha value is -3.00. The maximum atomic E-state index is 13.6. The smallest absolute Gasteiger partial charge is 0.247 e. The van der Waals surface area contributed by atoms with Crippen molar-refractivity contribution in [1.82, 2.24) is 5.32 Å². The van der Waals surface area contributed by atoms with Crippen LogP contribution in [0.15, 0.2) is 18.2 Å². The van der Waals surface area contributed by atoms with Gasteiger partial charge >= 0.3 is 0 Å². The molecule has 5 rings (SSSR count). The highest BCUT2D eigenvalue weighted by atomic mass is 32.9. The number of ketones is 3. The molecule has 1 amide bonds. The number of hydrogen-bond donors (Lipinski definition) is 7. The molecule has 0 bridgehead atoms. The molecule has 6 atom stereocenters. The van der Waals surface area contributed by atoms with E-state index in [0.717, 1.165) is 0 Å². The monoisotopic (exact) mass is 772 g/mol. The highest BCUT2D eigenvalue weighted by molar-refractivity contribution is 8.68. The number of phenolic OH excluding ortho intramolecular Hbond substituents is 2. The maximum Gasteiger partial charge on any atom is 0.247 e. The second kappa shape index (κ2) is 16.3. The van der Waals surface area contributed by atoms with Gasteiger partial charge in [-0.05, 0) is 24.8 Å². The lowest BCUT2D eigenvalue weighted by atomic mass is 9.72. The number of fused-ring (bicyclic) bond motifs is 3. The lowest BCUT2D eigenvalue weighted by Crippen LogP contribution is -2.53. The van der Waals surface area contributed by atoms with Crippen molar-refractivity contribution in [3.63, 3.8) is 0 Å². The number of nitrogens with two attached hydrogens (primary N) is 1. The number of aromatic hydroxyl groups is 2. The van der Waals surface area contributed by atoms with E-state index in [1.54, 1.807) is 14.0 Å². The highest BCUT2D eigenvalue weighted by Crippen LogP contribution is 2.59. The van der Waals surface area contributed by atoms with Crippen molar-refractivity contribution in [2.45, 2.75) is 62.4 Å². The third-order valence-corrected chi connectivity index (χ3v) is 14.6. The zero-order valence-corrected chi connectivity index (χ0v) is 30.9. The van der Waals surface area contributed by atoms with Gasteiger partial charge in [0.2, 0.25) is 17.4 Å². The van der Waals surface area contributed by atoms with Crippen molar-refractivity contribution >= 4 is 52.1 Å². The average Bonchev–Trinajstić information content (AvgIpc) is 3.12. The molecule has 1 heterocycles. The Morgan fingerprint density at radius 2 is 1.76 bits per heavy atom. The fourth-order valence-corrected chi connectivity index (χ4v) is 8.85. The molecule has 2 aromatic carbocycles. The van der Waals surface area contributed by atoms with Crippen LogP contribution in [0.3, 0.4) is 0 Å². The molecule has 1 fully saturated rings. The van der Waals surface area contributed by atoms with E-state index in [2.05, 4.69) is 5.32 Å². The molecule has 0 radical (unpaired) electrons. The topological polar surface area (TPSA) is 254 Å². The third kappa shape index (κ3) is 8.01. The molecule has 0 aromatic heterocycles. The van der Waals surface area contributed by atoms with Gasteiger partial charge in [-0.15, -0.1) is 0 Å². The molecule has 51 heavy (non-hydrogen) atoms. The van der Waals surface area contributed by atoms with E-state index in [0.29, 0.717) is 0 Å². The van der Waals surface area contributed by atoms with Crippen LogP contribution in [0.1, 0.15) is 68.8 Å². The van der Waals surface area contributed by atoms with Gasteiger partial charge in [-0.1, -0.05) is 23.5 Å². The Bertz CT molecular complexity index is 1740. The minimum absolute atomic E-state index is 0.0173. The van der Waals surface area contributed by atoms with E-state index in [-0.39, 0.29) is 46.1 Å². The van der Waals surface area contributed by atoms with E-state index in [1.165, 1.54) is 50.9 Å². The quantitative estimate of drug-likeness (QED) is 0.112. The number of amides is 1. The normalized spacial score (nSPS) is 25.5. The summed E-state index contributed by atoms with van der Waals surface area (Å²) in [5.74, 6) is -3.58. The van der Waals surface area contributed by atoms with Crippen LogP contribution in [0.4, 0.5) is 0 Å². The lowest BCUT2D eigenvalue weighted by Gasteiger charge is -2.42. The summed E-state index contributed by atoms with van der Waals surface area (Å²) in [6, 6.07) is 3.64. The summed E-state index contributed by atoms with van der Waals surface area (Å²) in [6.45, 7) is 0.560. The first-order valence-corrected chi connectivity index (χ1v) is 19.8. The van der Waals surface area contributed by atoms with Gasteiger partial charge in [0.15, 0.2) is 17.9 Å². The zero-order chi connectivity index (χ0) is 38.0. The largest absolute Gasteiger partial charge is 0.507 e. The van der Waals surface area contributed by atoms with Crippen molar-refractivity contribution in [3.05, 3.63) is 51.6 Å². The number of methoxy groups -OCH3 is 1. The van der Waals surface area contributed by atoms with Gasteiger partial charge in [0.05, 0.1) is 47.9 Å². The summed E-state index contributed by atoms with van der Waals surface area (Å²) < 4.78 is 26.9. The molecular formula is C32H41N2O14PS2. The Labute approximate surface area is 302 Å². The van der Waals surface area contributed by atoms with E-state index in [4.69, 9.17) is 40.8 Å². The van der Waals surface area contributed by atoms with Crippen LogP contribution >= 0.6 is 17.1 Å². The second-order valence-electron chi connectivity index (χ2n) is 11.9. The van der Waals surface area contributed by atoms with Crippen LogP contribution in [-0.2, 0) is 46.3 Å². The molecule has 0 unspecified atom stereocenters. The number of aliphatic hydroxyl groups is 3. The number of carbonyl (C=O) groups is 4.